The van der Waals surface area contributed by atoms with E-state index in [1.54, 1.807) is 6.20 Å². The number of rotatable bonds is 5. The molecule has 38 heavy (non-hydrogen) atoms. The van der Waals surface area contributed by atoms with Crippen molar-refractivity contribution < 1.29 is 0 Å². The average molecular weight is 488 g/mol. The van der Waals surface area contributed by atoms with E-state index in [4.69, 9.17) is 5.73 Å². The van der Waals surface area contributed by atoms with Gasteiger partial charge in [-0.05, 0) is 78.7 Å². The van der Waals surface area contributed by atoms with Gasteiger partial charge < -0.3 is 5.73 Å². The Morgan fingerprint density at radius 3 is 1.71 bits per heavy atom. The normalized spacial score (nSPS) is 12.1. The first-order valence-electron chi connectivity index (χ1n) is 12.9. The monoisotopic (exact) mass is 487 g/mol. The van der Waals surface area contributed by atoms with Crippen LogP contribution in [0, 0.1) is 0 Å². The molecule has 6 aromatic rings. The van der Waals surface area contributed by atoms with Gasteiger partial charge in [-0.15, -0.1) is 0 Å². The van der Waals surface area contributed by atoms with Crippen LogP contribution in [0.4, 0.5) is 0 Å². The van der Waals surface area contributed by atoms with E-state index in [2.05, 4.69) is 128 Å². The summed E-state index contributed by atoms with van der Waals surface area (Å²) in [5.41, 5.74) is 14.2. The Bertz CT molecular complexity index is 1830. The summed E-state index contributed by atoms with van der Waals surface area (Å²) < 4.78 is 0. The van der Waals surface area contributed by atoms with Gasteiger partial charge >= 0.3 is 0 Å². The molecule has 0 unspecified atom stereocenters. The number of hydrogen-bond acceptors (Lipinski definition) is 1. The number of allylic oxidation sites excluding steroid dienone is 4. The van der Waals surface area contributed by atoms with Crippen LogP contribution >= 0.6 is 0 Å². The number of benzene rings is 6. The van der Waals surface area contributed by atoms with Crippen LogP contribution in [0.5, 0.6) is 0 Å². The van der Waals surface area contributed by atoms with E-state index in [0.717, 1.165) is 16.7 Å². The lowest BCUT2D eigenvalue weighted by atomic mass is 9.85. The van der Waals surface area contributed by atoms with E-state index in [9.17, 15) is 0 Å². The lowest BCUT2D eigenvalue weighted by molar-refractivity contribution is 1.54. The fraction of sp³-hybridized carbons (Fsp3) is 0.0270. The largest absolute Gasteiger partial charge is 0.404 e. The van der Waals surface area contributed by atoms with Crippen molar-refractivity contribution in [3.8, 4) is 22.3 Å². The topological polar surface area (TPSA) is 26.0 Å². The zero-order valence-corrected chi connectivity index (χ0v) is 21.5. The molecule has 0 amide bonds. The van der Waals surface area contributed by atoms with Crippen LogP contribution in [0.25, 0.3) is 60.1 Å². The van der Waals surface area contributed by atoms with Gasteiger partial charge in [0.2, 0.25) is 0 Å². The molecule has 1 heteroatoms. The number of fused-ring (bicyclic) bond motifs is 3. The molecule has 0 saturated carbocycles. The van der Waals surface area contributed by atoms with Crippen molar-refractivity contribution in [2.45, 2.75) is 6.92 Å². The van der Waals surface area contributed by atoms with Crippen molar-refractivity contribution in [1.82, 2.24) is 0 Å². The van der Waals surface area contributed by atoms with Gasteiger partial charge in [0.25, 0.3) is 0 Å². The molecule has 0 aromatic heterocycles. The molecule has 6 aromatic carbocycles. The van der Waals surface area contributed by atoms with Crippen molar-refractivity contribution >= 4 is 37.9 Å². The second-order valence-electron chi connectivity index (χ2n) is 9.78. The maximum absolute atomic E-state index is 6.19. The van der Waals surface area contributed by atoms with E-state index in [-0.39, 0.29) is 0 Å². The Balaban J connectivity index is 1.55. The van der Waals surface area contributed by atoms with Crippen molar-refractivity contribution in [3.63, 3.8) is 0 Å². The summed E-state index contributed by atoms with van der Waals surface area (Å²) in [5, 5.41) is 7.30. The maximum Gasteiger partial charge on any atom is 0.00180 e. The van der Waals surface area contributed by atoms with Crippen molar-refractivity contribution in [2.24, 2.45) is 5.73 Å². The number of hydrogen-bond donors (Lipinski definition) is 1. The molecule has 182 valence electrons. The molecule has 0 fully saturated rings. The Labute approximate surface area is 223 Å². The first-order chi connectivity index (χ1) is 18.6. The van der Waals surface area contributed by atoms with Crippen LogP contribution in [-0.2, 0) is 0 Å². The van der Waals surface area contributed by atoms with Crippen LogP contribution in [0.3, 0.4) is 0 Å². The fourth-order valence-electron chi connectivity index (χ4n) is 5.40. The fourth-order valence-corrected chi connectivity index (χ4v) is 5.40. The molecule has 0 atom stereocenters. The summed E-state index contributed by atoms with van der Waals surface area (Å²) >= 11 is 0. The molecule has 0 bridgehead atoms. The Kier molecular flexibility index (Phi) is 6.11. The molecule has 6 rings (SSSR count). The van der Waals surface area contributed by atoms with E-state index in [1.807, 2.05) is 13.0 Å². The lowest BCUT2D eigenvalue weighted by Crippen LogP contribution is -1.95. The Morgan fingerprint density at radius 1 is 0.579 bits per heavy atom. The first kappa shape index (κ1) is 23.5. The summed E-state index contributed by atoms with van der Waals surface area (Å²) in [4.78, 5) is 0. The SMILES string of the molecule is C=C(C)/C=C\C(=C/N)c1c2ccccc2c(-c2ccc(-c3ccc4ccccc4c3)cc2)c2ccccc12. The van der Waals surface area contributed by atoms with E-state index in [1.165, 1.54) is 54.6 Å². The molecular formula is C37H29N. The molecular weight excluding hydrogens is 458 g/mol. The highest BCUT2D eigenvalue weighted by Crippen LogP contribution is 2.42. The predicted octanol–water partition coefficient (Wildman–Crippen LogP) is 9.91. The summed E-state index contributed by atoms with van der Waals surface area (Å²) in [5.74, 6) is 0. The number of nitrogens with two attached hydrogens (primary N) is 1. The summed E-state index contributed by atoms with van der Waals surface area (Å²) in [6.45, 7) is 6.01. The second-order valence-corrected chi connectivity index (χ2v) is 9.78. The molecule has 0 spiro atoms. The van der Waals surface area contributed by atoms with Crippen LogP contribution in [0.1, 0.15) is 12.5 Å². The third-order valence-corrected chi connectivity index (χ3v) is 7.20. The van der Waals surface area contributed by atoms with Gasteiger partial charge in [0.05, 0.1) is 0 Å². The second kappa shape index (κ2) is 9.88. The van der Waals surface area contributed by atoms with Gasteiger partial charge in [-0.2, -0.15) is 0 Å². The molecule has 0 saturated heterocycles. The smallest absolute Gasteiger partial charge is 0.00180 e. The van der Waals surface area contributed by atoms with Gasteiger partial charge in [-0.1, -0.05) is 133 Å². The van der Waals surface area contributed by atoms with Crippen LogP contribution in [0.2, 0.25) is 0 Å². The summed E-state index contributed by atoms with van der Waals surface area (Å²) in [6.07, 6.45) is 5.78. The molecule has 0 aliphatic carbocycles. The highest BCUT2D eigenvalue weighted by atomic mass is 14.5. The highest BCUT2D eigenvalue weighted by Gasteiger charge is 2.16. The zero-order chi connectivity index (χ0) is 26.1. The first-order valence-corrected chi connectivity index (χ1v) is 12.9. The quantitative estimate of drug-likeness (QED) is 0.190. The summed E-state index contributed by atoms with van der Waals surface area (Å²) in [6, 6.07) is 41.4. The van der Waals surface area contributed by atoms with E-state index < -0.39 is 0 Å². The van der Waals surface area contributed by atoms with Crippen LogP contribution < -0.4 is 5.73 Å². The highest BCUT2D eigenvalue weighted by molar-refractivity contribution is 6.19. The minimum atomic E-state index is 0.985. The maximum atomic E-state index is 6.19. The van der Waals surface area contributed by atoms with Gasteiger partial charge in [-0.3, -0.25) is 0 Å². The molecule has 2 N–H and O–H groups in total. The molecule has 0 aliphatic rings. The molecule has 1 nitrogen and oxygen atoms in total. The standard InChI is InChI=1S/C37H29N/c1-25(2)15-16-31(24-38)37-34-13-7-5-11-32(34)36(33-12-6-8-14-35(33)37)28-20-17-27(18-21-28)30-22-19-26-9-3-4-10-29(26)23-30/h3-24H,1,38H2,2H3/b16-15-,31-24+. The minimum Gasteiger partial charge on any atom is -0.404 e. The third-order valence-electron chi connectivity index (χ3n) is 7.20. The molecule has 0 heterocycles. The van der Waals surface area contributed by atoms with E-state index in [0.29, 0.717) is 0 Å². The summed E-state index contributed by atoms with van der Waals surface area (Å²) in [7, 11) is 0. The van der Waals surface area contributed by atoms with Crippen LogP contribution in [-0.4, -0.2) is 0 Å². The van der Waals surface area contributed by atoms with Gasteiger partial charge in [0, 0.05) is 6.20 Å². The van der Waals surface area contributed by atoms with Gasteiger partial charge in [0.15, 0.2) is 0 Å². The Hall–Kier alpha value is -4.88. The lowest BCUT2D eigenvalue weighted by Gasteiger charge is -2.18. The molecule has 0 radical (unpaired) electrons. The third kappa shape index (κ3) is 4.19. The van der Waals surface area contributed by atoms with Crippen molar-refractivity contribution in [1.29, 1.82) is 0 Å². The van der Waals surface area contributed by atoms with Crippen molar-refractivity contribution in [2.75, 3.05) is 0 Å². The van der Waals surface area contributed by atoms with Gasteiger partial charge in [0.1, 0.15) is 0 Å². The van der Waals surface area contributed by atoms with Crippen molar-refractivity contribution in [3.05, 3.63) is 151 Å². The van der Waals surface area contributed by atoms with Crippen LogP contribution in [0.15, 0.2) is 146 Å². The predicted molar refractivity (Wildman–Crippen MR) is 166 cm³/mol. The Morgan fingerprint density at radius 2 is 1.11 bits per heavy atom. The zero-order valence-electron chi connectivity index (χ0n) is 21.5. The van der Waals surface area contributed by atoms with E-state index >= 15 is 0 Å². The average Bonchev–Trinajstić information content (AvgIpc) is 2.96. The minimum absolute atomic E-state index is 0.985. The van der Waals surface area contributed by atoms with Gasteiger partial charge in [-0.25, -0.2) is 0 Å². The molecule has 0 aliphatic heterocycles.